The Kier molecular flexibility index (Phi) is 5.89. The van der Waals surface area contributed by atoms with E-state index in [2.05, 4.69) is 15.9 Å². The van der Waals surface area contributed by atoms with Gasteiger partial charge in [0.1, 0.15) is 0 Å². The maximum atomic E-state index is 13.0. The van der Waals surface area contributed by atoms with Crippen LogP contribution < -0.4 is 5.73 Å². The van der Waals surface area contributed by atoms with Gasteiger partial charge < -0.3 is 5.73 Å². The van der Waals surface area contributed by atoms with E-state index >= 15 is 0 Å². The summed E-state index contributed by atoms with van der Waals surface area (Å²) in [6.45, 7) is 3.71. The van der Waals surface area contributed by atoms with Crippen molar-refractivity contribution in [3.05, 3.63) is 33.8 Å². The van der Waals surface area contributed by atoms with E-state index in [0.29, 0.717) is 29.0 Å². The maximum Gasteiger partial charge on any atom is 0.416 e. The molecule has 0 bridgehead atoms. The number of nitrogens with two attached hydrogens (primary N) is 1. The fraction of sp³-hybridized carbons (Fsp3) is 0.538. The molecule has 1 fully saturated rings. The first-order chi connectivity index (χ1) is 8.77. The Bertz CT molecular complexity index is 457. The van der Waals surface area contributed by atoms with Crippen molar-refractivity contribution in [1.82, 2.24) is 4.90 Å². The summed E-state index contributed by atoms with van der Waals surface area (Å²) in [4.78, 5) is 1.98. The topological polar surface area (TPSA) is 29.3 Å². The predicted octanol–water partition coefficient (Wildman–Crippen LogP) is 3.67. The first-order valence-corrected chi connectivity index (χ1v) is 6.90. The Morgan fingerprint density at radius 1 is 1.35 bits per heavy atom. The van der Waals surface area contributed by atoms with Crippen molar-refractivity contribution >= 4 is 28.3 Å². The van der Waals surface area contributed by atoms with Crippen LogP contribution in [0.1, 0.15) is 18.1 Å². The number of rotatable bonds is 2. The van der Waals surface area contributed by atoms with Gasteiger partial charge in [0.05, 0.1) is 5.56 Å². The molecule has 7 heteroatoms. The number of nitrogens with zero attached hydrogens (tertiary/aromatic N) is 1. The van der Waals surface area contributed by atoms with Crippen LogP contribution in [-0.4, -0.2) is 24.0 Å². The van der Waals surface area contributed by atoms with Crippen LogP contribution in [-0.2, 0) is 12.7 Å². The van der Waals surface area contributed by atoms with Gasteiger partial charge in [-0.15, -0.1) is 12.4 Å². The second kappa shape index (κ2) is 6.64. The maximum absolute atomic E-state index is 13.0. The molecule has 1 aliphatic heterocycles. The number of hydrogen-bond acceptors (Lipinski definition) is 2. The second-order valence-electron chi connectivity index (χ2n) is 5.13. The molecular formula is C13H17BrClF3N2. The summed E-state index contributed by atoms with van der Waals surface area (Å²) in [5.41, 5.74) is 5.63. The van der Waals surface area contributed by atoms with E-state index in [1.165, 1.54) is 6.07 Å². The number of hydrogen-bond donors (Lipinski definition) is 1. The molecule has 2 N–H and O–H groups in total. The standard InChI is InChI=1S/C13H16BrF3N2.ClH/c1-8-5-19(7-12(8)18)6-9-2-3-10(14)4-11(9)13(15,16)17;/h2-4,8,12H,5-7,18H2,1H3;1H. The molecule has 2 nitrogen and oxygen atoms in total. The van der Waals surface area contributed by atoms with Crippen LogP contribution in [0.15, 0.2) is 22.7 Å². The lowest BCUT2D eigenvalue weighted by Gasteiger charge is -2.19. The molecule has 20 heavy (non-hydrogen) atoms. The highest BCUT2D eigenvalue weighted by molar-refractivity contribution is 9.10. The third-order valence-corrected chi connectivity index (χ3v) is 4.01. The van der Waals surface area contributed by atoms with E-state index in [1.54, 1.807) is 6.07 Å². The Morgan fingerprint density at radius 2 is 2.00 bits per heavy atom. The van der Waals surface area contributed by atoms with Crippen molar-refractivity contribution < 1.29 is 13.2 Å². The number of alkyl halides is 3. The normalized spacial score (nSPS) is 23.7. The van der Waals surface area contributed by atoms with Gasteiger partial charge in [0.25, 0.3) is 0 Å². The van der Waals surface area contributed by atoms with E-state index in [0.717, 1.165) is 12.6 Å². The summed E-state index contributed by atoms with van der Waals surface area (Å²) in [7, 11) is 0. The van der Waals surface area contributed by atoms with Gasteiger partial charge in [-0.25, -0.2) is 0 Å². The molecular weight excluding hydrogens is 357 g/mol. The molecule has 0 spiro atoms. The highest BCUT2D eigenvalue weighted by atomic mass is 79.9. The first kappa shape index (κ1) is 17.8. The second-order valence-corrected chi connectivity index (χ2v) is 6.05. The first-order valence-electron chi connectivity index (χ1n) is 6.11. The molecule has 0 aliphatic carbocycles. The molecule has 1 heterocycles. The van der Waals surface area contributed by atoms with E-state index in [9.17, 15) is 13.2 Å². The largest absolute Gasteiger partial charge is 0.416 e. The highest BCUT2D eigenvalue weighted by Crippen LogP contribution is 2.34. The van der Waals surface area contributed by atoms with Crippen LogP contribution in [0, 0.1) is 5.92 Å². The third-order valence-electron chi connectivity index (χ3n) is 3.52. The molecule has 2 unspecified atom stereocenters. The van der Waals surface area contributed by atoms with Crippen LogP contribution in [0.2, 0.25) is 0 Å². The minimum Gasteiger partial charge on any atom is -0.326 e. The number of likely N-dealkylation sites (tertiary alicyclic amines) is 1. The Hall–Kier alpha value is -0.300. The van der Waals surface area contributed by atoms with Crippen molar-refractivity contribution in [3.8, 4) is 0 Å². The lowest BCUT2D eigenvalue weighted by Crippen LogP contribution is -2.28. The highest BCUT2D eigenvalue weighted by Gasteiger charge is 2.35. The van der Waals surface area contributed by atoms with Crippen molar-refractivity contribution in [1.29, 1.82) is 0 Å². The SMILES string of the molecule is CC1CN(Cc2ccc(Br)cc2C(F)(F)F)CC1N.Cl. The van der Waals surface area contributed by atoms with Crippen molar-refractivity contribution in [3.63, 3.8) is 0 Å². The Morgan fingerprint density at radius 3 is 2.50 bits per heavy atom. The van der Waals surface area contributed by atoms with Gasteiger partial charge in [-0.2, -0.15) is 13.2 Å². The molecule has 2 rings (SSSR count). The van der Waals surface area contributed by atoms with Gasteiger partial charge in [0.15, 0.2) is 0 Å². The fourth-order valence-electron chi connectivity index (χ4n) is 2.42. The zero-order valence-electron chi connectivity index (χ0n) is 11.0. The zero-order chi connectivity index (χ0) is 14.2. The molecule has 0 saturated carbocycles. The molecule has 1 aliphatic rings. The molecule has 1 aromatic rings. The Labute approximate surface area is 131 Å². The van der Waals surface area contributed by atoms with Crippen LogP contribution in [0.4, 0.5) is 13.2 Å². The van der Waals surface area contributed by atoms with Crippen molar-refractivity contribution in [2.24, 2.45) is 11.7 Å². The number of halogens is 5. The van der Waals surface area contributed by atoms with Gasteiger partial charge in [-0.3, -0.25) is 4.90 Å². The average molecular weight is 374 g/mol. The quantitative estimate of drug-likeness (QED) is 0.857. The molecule has 1 aromatic carbocycles. The van der Waals surface area contributed by atoms with Gasteiger partial charge in [0, 0.05) is 30.1 Å². The molecule has 1 saturated heterocycles. The average Bonchev–Trinajstić information content (AvgIpc) is 2.59. The van der Waals surface area contributed by atoms with Crippen LogP contribution in [0.3, 0.4) is 0 Å². The summed E-state index contributed by atoms with van der Waals surface area (Å²) in [5.74, 6) is 0.324. The summed E-state index contributed by atoms with van der Waals surface area (Å²) < 4.78 is 39.4. The van der Waals surface area contributed by atoms with E-state index < -0.39 is 11.7 Å². The van der Waals surface area contributed by atoms with Crippen LogP contribution >= 0.6 is 28.3 Å². The monoisotopic (exact) mass is 372 g/mol. The summed E-state index contributed by atoms with van der Waals surface area (Å²) in [6, 6.07) is 4.35. The van der Waals surface area contributed by atoms with Crippen LogP contribution in [0.5, 0.6) is 0 Å². The van der Waals surface area contributed by atoms with E-state index in [1.807, 2.05) is 11.8 Å². The summed E-state index contributed by atoms with van der Waals surface area (Å²) in [6.07, 6.45) is -4.33. The molecule has 0 aromatic heterocycles. The van der Waals surface area contributed by atoms with Crippen molar-refractivity contribution in [2.45, 2.75) is 25.7 Å². The van der Waals surface area contributed by atoms with E-state index in [4.69, 9.17) is 5.73 Å². The number of benzene rings is 1. The Balaban J connectivity index is 0.00000200. The zero-order valence-corrected chi connectivity index (χ0v) is 13.4. The fourth-order valence-corrected chi connectivity index (χ4v) is 2.78. The smallest absolute Gasteiger partial charge is 0.326 e. The molecule has 0 radical (unpaired) electrons. The van der Waals surface area contributed by atoms with Crippen molar-refractivity contribution in [2.75, 3.05) is 13.1 Å². The lowest BCUT2D eigenvalue weighted by atomic mass is 10.1. The summed E-state index contributed by atoms with van der Waals surface area (Å²) >= 11 is 3.09. The van der Waals surface area contributed by atoms with E-state index in [-0.39, 0.29) is 18.4 Å². The minimum absolute atomic E-state index is 0. The van der Waals surface area contributed by atoms with Gasteiger partial charge in [-0.05, 0) is 23.6 Å². The molecule has 114 valence electrons. The minimum atomic E-state index is -4.33. The van der Waals surface area contributed by atoms with Crippen LogP contribution in [0.25, 0.3) is 0 Å². The third kappa shape index (κ3) is 4.10. The van der Waals surface area contributed by atoms with Gasteiger partial charge in [0.2, 0.25) is 0 Å². The predicted molar refractivity (Wildman–Crippen MR) is 78.8 cm³/mol. The molecule has 0 amide bonds. The lowest BCUT2D eigenvalue weighted by molar-refractivity contribution is -0.138. The molecule has 2 atom stereocenters. The van der Waals surface area contributed by atoms with Gasteiger partial charge in [-0.1, -0.05) is 28.9 Å². The van der Waals surface area contributed by atoms with Gasteiger partial charge >= 0.3 is 6.18 Å². The summed E-state index contributed by atoms with van der Waals surface area (Å²) in [5, 5.41) is 0.